The Morgan fingerprint density at radius 1 is 1.23 bits per heavy atom. The molecule has 0 spiro atoms. The van der Waals surface area contributed by atoms with E-state index in [0.29, 0.717) is 28.5 Å². The van der Waals surface area contributed by atoms with Crippen LogP contribution in [0, 0.1) is 11.3 Å². The third-order valence-corrected chi connectivity index (χ3v) is 5.55. The lowest BCUT2D eigenvalue weighted by molar-refractivity contribution is 0.0959. The lowest BCUT2D eigenvalue weighted by atomic mass is 10.1. The smallest absolute Gasteiger partial charge is 0.281 e. The standard InChI is InChI=1S/C22H18BrN3O3S/c1-2-28-19-10-17(13-25-26-22(27)21-8-5-9-30-21)18(23)11-20(19)29-14-16-7-4-3-6-15(16)12-24/h3-11,13H,2,14H2,1H3,(H,26,27). The number of hydrogen-bond acceptors (Lipinski definition) is 6. The van der Waals surface area contributed by atoms with E-state index in [9.17, 15) is 10.1 Å². The molecule has 152 valence electrons. The molecule has 2 aromatic carbocycles. The highest BCUT2D eigenvalue weighted by Crippen LogP contribution is 2.34. The molecule has 0 aliphatic carbocycles. The molecule has 1 amide bonds. The van der Waals surface area contributed by atoms with Crippen LogP contribution in [0.1, 0.15) is 33.3 Å². The van der Waals surface area contributed by atoms with E-state index in [1.807, 2.05) is 36.6 Å². The Morgan fingerprint density at radius 3 is 2.77 bits per heavy atom. The van der Waals surface area contributed by atoms with Crippen molar-refractivity contribution in [3.8, 4) is 17.6 Å². The number of hydrogen-bond donors (Lipinski definition) is 1. The van der Waals surface area contributed by atoms with E-state index in [2.05, 4.69) is 32.5 Å². The van der Waals surface area contributed by atoms with Crippen molar-refractivity contribution in [2.24, 2.45) is 5.10 Å². The molecule has 0 saturated heterocycles. The maximum atomic E-state index is 12.0. The molecule has 1 N–H and O–H groups in total. The zero-order valence-electron chi connectivity index (χ0n) is 16.1. The van der Waals surface area contributed by atoms with Crippen LogP contribution in [0.25, 0.3) is 0 Å². The Morgan fingerprint density at radius 2 is 2.03 bits per heavy atom. The predicted octanol–water partition coefficient (Wildman–Crippen LogP) is 5.12. The Bertz CT molecular complexity index is 1090. The van der Waals surface area contributed by atoms with Crippen LogP contribution in [-0.2, 0) is 6.61 Å². The summed E-state index contributed by atoms with van der Waals surface area (Å²) in [4.78, 5) is 12.6. The van der Waals surface area contributed by atoms with Gasteiger partial charge in [-0.15, -0.1) is 11.3 Å². The highest BCUT2D eigenvalue weighted by molar-refractivity contribution is 9.10. The van der Waals surface area contributed by atoms with Gasteiger partial charge in [-0.05, 0) is 52.5 Å². The van der Waals surface area contributed by atoms with Gasteiger partial charge in [0.1, 0.15) is 6.61 Å². The van der Waals surface area contributed by atoms with Crippen molar-refractivity contribution in [3.63, 3.8) is 0 Å². The quantitative estimate of drug-likeness (QED) is 0.355. The van der Waals surface area contributed by atoms with Gasteiger partial charge in [-0.2, -0.15) is 10.4 Å². The highest BCUT2D eigenvalue weighted by Gasteiger charge is 2.12. The summed E-state index contributed by atoms with van der Waals surface area (Å²) < 4.78 is 12.4. The number of nitrogens with one attached hydrogen (secondary N) is 1. The number of halogens is 1. The molecule has 0 bridgehead atoms. The van der Waals surface area contributed by atoms with Gasteiger partial charge in [-0.3, -0.25) is 4.79 Å². The van der Waals surface area contributed by atoms with Gasteiger partial charge >= 0.3 is 0 Å². The molecule has 3 aromatic rings. The maximum absolute atomic E-state index is 12.0. The van der Waals surface area contributed by atoms with E-state index < -0.39 is 0 Å². The van der Waals surface area contributed by atoms with Crippen molar-refractivity contribution in [2.45, 2.75) is 13.5 Å². The number of thiophene rings is 1. The number of hydrazone groups is 1. The second kappa shape index (κ2) is 10.6. The largest absolute Gasteiger partial charge is 0.490 e. The molecular weight excluding hydrogens is 466 g/mol. The zero-order chi connectivity index (χ0) is 21.3. The molecule has 30 heavy (non-hydrogen) atoms. The first kappa shape index (κ1) is 21.6. The average molecular weight is 484 g/mol. The summed E-state index contributed by atoms with van der Waals surface area (Å²) in [6.45, 7) is 2.57. The number of benzene rings is 2. The number of ether oxygens (including phenoxy) is 2. The molecule has 0 fully saturated rings. The van der Waals surface area contributed by atoms with Crippen LogP contribution < -0.4 is 14.9 Å². The number of carbonyl (C=O) groups excluding carboxylic acids is 1. The minimum atomic E-state index is -0.265. The van der Waals surface area contributed by atoms with E-state index in [1.54, 1.807) is 24.3 Å². The van der Waals surface area contributed by atoms with Gasteiger partial charge in [0.25, 0.3) is 5.91 Å². The van der Waals surface area contributed by atoms with Crippen LogP contribution in [0.4, 0.5) is 0 Å². The van der Waals surface area contributed by atoms with Crippen molar-refractivity contribution in [3.05, 3.63) is 80.0 Å². The third kappa shape index (κ3) is 5.47. The number of nitriles is 1. The Kier molecular flexibility index (Phi) is 7.60. The fourth-order valence-electron chi connectivity index (χ4n) is 2.56. The fraction of sp³-hybridized carbons (Fsp3) is 0.136. The summed E-state index contributed by atoms with van der Waals surface area (Å²) in [6, 6.07) is 16.5. The maximum Gasteiger partial charge on any atom is 0.281 e. The molecule has 6 nitrogen and oxygen atoms in total. The van der Waals surface area contributed by atoms with Crippen LogP contribution in [0.3, 0.4) is 0 Å². The highest BCUT2D eigenvalue weighted by atomic mass is 79.9. The molecule has 1 heterocycles. The van der Waals surface area contributed by atoms with Gasteiger partial charge in [0.2, 0.25) is 0 Å². The van der Waals surface area contributed by atoms with Gasteiger partial charge in [-0.25, -0.2) is 5.43 Å². The topological polar surface area (TPSA) is 83.7 Å². The molecule has 0 saturated carbocycles. The molecule has 8 heteroatoms. The lowest BCUT2D eigenvalue weighted by Crippen LogP contribution is -2.16. The monoisotopic (exact) mass is 483 g/mol. The SMILES string of the molecule is CCOc1cc(C=NNC(=O)c2cccs2)c(Br)cc1OCc1ccccc1C#N. The Labute approximate surface area is 186 Å². The molecule has 0 radical (unpaired) electrons. The van der Waals surface area contributed by atoms with Crippen LogP contribution in [0.15, 0.2) is 63.5 Å². The molecule has 0 unspecified atom stereocenters. The zero-order valence-corrected chi connectivity index (χ0v) is 18.5. The summed E-state index contributed by atoms with van der Waals surface area (Å²) in [5.74, 6) is 0.816. The van der Waals surface area contributed by atoms with Crippen molar-refractivity contribution < 1.29 is 14.3 Å². The second-order valence-corrected chi connectivity index (χ2v) is 7.79. The summed E-state index contributed by atoms with van der Waals surface area (Å²) in [6.07, 6.45) is 1.53. The minimum Gasteiger partial charge on any atom is -0.490 e. The average Bonchev–Trinajstić information content (AvgIpc) is 3.30. The van der Waals surface area contributed by atoms with Gasteiger partial charge in [0, 0.05) is 15.6 Å². The van der Waals surface area contributed by atoms with E-state index in [1.165, 1.54) is 17.6 Å². The second-order valence-electron chi connectivity index (χ2n) is 5.99. The van der Waals surface area contributed by atoms with Crippen LogP contribution >= 0.6 is 27.3 Å². The Balaban J connectivity index is 1.75. The normalized spacial score (nSPS) is 10.6. The number of rotatable bonds is 8. The van der Waals surface area contributed by atoms with Crippen LogP contribution in [0.5, 0.6) is 11.5 Å². The summed E-state index contributed by atoms with van der Waals surface area (Å²) in [7, 11) is 0. The number of carbonyl (C=O) groups is 1. The molecule has 0 aliphatic rings. The molecule has 0 aliphatic heterocycles. The molecular formula is C22H18BrN3O3S. The van der Waals surface area contributed by atoms with Gasteiger partial charge in [-0.1, -0.05) is 24.3 Å². The first-order valence-electron chi connectivity index (χ1n) is 9.06. The van der Waals surface area contributed by atoms with Crippen molar-refractivity contribution in [1.29, 1.82) is 5.26 Å². The van der Waals surface area contributed by atoms with Gasteiger partial charge < -0.3 is 9.47 Å². The van der Waals surface area contributed by atoms with Crippen molar-refractivity contribution in [2.75, 3.05) is 6.61 Å². The van der Waals surface area contributed by atoms with E-state index >= 15 is 0 Å². The van der Waals surface area contributed by atoms with E-state index in [4.69, 9.17) is 9.47 Å². The number of amides is 1. The van der Waals surface area contributed by atoms with Gasteiger partial charge in [0.05, 0.1) is 29.3 Å². The predicted molar refractivity (Wildman–Crippen MR) is 120 cm³/mol. The fourth-order valence-corrected chi connectivity index (χ4v) is 3.60. The summed E-state index contributed by atoms with van der Waals surface area (Å²) in [5, 5.41) is 15.1. The van der Waals surface area contributed by atoms with Crippen molar-refractivity contribution in [1.82, 2.24) is 5.43 Å². The van der Waals surface area contributed by atoms with E-state index in [-0.39, 0.29) is 12.5 Å². The van der Waals surface area contributed by atoms with Crippen LogP contribution in [-0.4, -0.2) is 18.7 Å². The van der Waals surface area contributed by atoms with Crippen molar-refractivity contribution >= 4 is 39.4 Å². The molecule has 3 rings (SSSR count). The van der Waals surface area contributed by atoms with Gasteiger partial charge in [0.15, 0.2) is 11.5 Å². The molecule has 1 aromatic heterocycles. The van der Waals surface area contributed by atoms with Crippen LogP contribution in [0.2, 0.25) is 0 Å². The summed E-state index contributed by atoms with van der Waals surface area (Å²) in [5.41, 5.74) is 4.58. The number of nitrogens with zero attached hydrogens (tertiary/aromatic N) is 2. The minimum absolute atomic E-state index is 0.237. The summed E-state index contributed by atoms with van der Waals surface area (Å²) >= 11 is 4.85. The Hall–Kier alpha value is -3.15. The molecule has 0 atom stereocenters. The first-order valence-corrected chi connectivity index (χ1v) is 10.7. The third-order valence-electron chi connectivity index (χ3n) is 4.00. The first-order chi connectivity index (χ1) is 14.6. The van der Waals surface area contributed by atoms with E-state index in [0.717, 1.165) is 15.6 Å². The lowest BCUT2D eigenvalue weighted by Gasteiger charge is -2.14.